The lowest BCUT2D eigenvalue weighted by Gasteiger charge is -2.25. The fraction of sp³-hybridized carbons (Fsp3) is 0.688. The zero-order chi connectivity index (χ0) is 14.1. The van der Waals surface area contributed by atoms with Gasteiger partial charge >= 0.3 is 0 Å². The summed E-state index contributed by atoms with van der Waals surface area (Å²) in [5.41, 5.74) is 2.43. The van der Waals surface area contributed by atoms with E-state index in [-0.39, 0.29) is 0 Å². The van der Waals surface area contributed by atoms with Crippen LogP contribution in [-0.2, 0) is 13.1 Å². The molecule has 0 atom stereocenters. The number of nitrogens with zero attached hydrogens (tertiary/aromatic N) is 2. The topological polar surface area (TPSA) is 28.2 Å². The SMILES string of the molecule is CCCNCc1ccc(CN(C)C(CC)CC)nc1. The van der Waals surface area contributed by atoms with E-state index in [1.165, 1.54) is 24.8 Å². The fourth-order valence-corrected chi connectivity index (χ4v) is 2.36. The van der Waals surface area contributed by atoms with E-state index in [1.54, 1.807) is 0 Å². The number of rotatable bonds is 9. The Balaban J connectivity index is 2.47. The second kappa shape index (κ2) is 9.05. The van der Waals surface area contributed by atoms with Crippen molar-refractivity contribution in [3.8, 4) is 0 Å². The average molecular weight is 263 g/mol. The van der Waals surface area contributed by atoms with Gasteiger partial charge in [-0.25, -0.2) is 0 Å². The molecule has 0 aromatic carbocycles. The highest BCUT2D eigenvalue weighted by Crippen LogP contribution is 2.10. The Hall–Kier alpha value is -0.930. The maximum atomic E-state index is 4.57. The van der Waals surface area contributed by atoms with Gasteiger partial charge < -0.3 is 5.32 Å². The van der Waals surface area contributed by atoms with E-state index in [9.17, 15) is 0 Å². The van der Waals surface area contributed by atoms with Crippen molar-refractivity contribution in [3.63, 3.8) is 0 Å². The molecular formula is C16H29N3. The number of aromatic nitrogens is 1. The fourth-order valence-electron chi connectivity index (χ4n) is 2.36. The average Bonchev–Trinajstić information content (AvgIpc) is 2.42. The lowest BCUT2D eigenvalue weighted by Crippen LogP contribution is -2.30. The van der Waals surface area contributed by atoms with Crippen molar-refractivity contribution in [1.82, 2.24) is 15.2 Å². The lowest BCUT2D eigenvalue weighted by atomic mass is 10.1. The van der Waals surface area contributed by atoms with Crippen molar-refractivity contribution in [2.75, 3.05) is 13.6 Å². The molecule has 0 spiro atoms. The summed E-state index contributed by atoms with van der Waals surface area (Å²) in [6.45, 7) is 9.61. The minimum Gasteiger partial charge on any atom is -0.313 e. The van der Waals surface area contributed by atoms with E-state index in [0.29, 0.717) is 6.04 Å². The van der Waals surface area contributed by atoms with Crippen LogP contribution < -0.4 is 5.32 Å². The summed E-state index contributed by atoms with van der Waals surface area (Å²) in [4.78, 5) is 6.97. The highest BCUT2D eigenvalue weighted by atomic mass is 15.1. The third kappa shape index (κ3) is 5.70. The van der Waals surface area contributed by atoms with E-state index < -0.39 is 0 Å². The molecule has 0 saturated heterocycles. The smallest absolute Gasteiger partial charge is 0.0544 e. The van der Waals surface area contributed by atoms with Crippen LogP contribution in [0.1, 0.15) is 51.3 Å². The van der Waals surface area contributed by atoms with Crippen LogP contribution in [0.15, 0.2) is 18.3 Å². The zero-order valence-electron chi connectivity index (χ0n) is 12.9. The predicted molar refractivity (Wildman–Crippen MR) is 82.1 cm³/mol. The normalized spacial score (nSPS) is 11.5. The summed E-state index contributed by atoms with van der Waals surface area (Å²) >= 11 is 0. The van der Waals surface area contributed by atoms with Crippen molar-refractivity contribution in [2.45, 2.75) is 59.2 Å². The van der Waals surface area contributed by atoms with Crippen molar-refractivity contribution >= 4 is 0 Å². The minimum absolute atomic E-state index is 0.660. The molecule has 0 aliphatic heterocycles. The molecule has 0 radical (unpaired) electrons. The van der Waals surface area contributed by atoms with Crippen LogP contribution in [0.25, 0.3) is 0 Å². The van der Waals surface area contributed by atoms with Crippen molar-refractivity contribution in [3.05, 3.63) is 29.6 Å². The van der Waals surface area contributed by atoms with Crippen LogP contribution in [0.3, 0.4) is 0 Å². The Labute approximate surface area is 118 Å². The maximum absolute atomic E-state index is 4.57. The van der Waals surface area contributed by atoms with Crippen LogP contribution >= 0.6 is 0 Å². The van der Waals surface area contributed by atoms with E-state index in [2.05, 4.69) is 55.2 Å². The summed E-state index contributed by atoms with van der Waals surface area (Å²) in [7, 11) is 2.19. The van der Waals surface area contributed by atoms with Gasteiger partial charge in [0.15, 0.2) is 0 Å². The number of hydrogen-bond donors (Lipinski definition) is 1. The Morgan fingerprint density at radius 1 is 1.21 bits per heavy atom. The number of pyridine rings is 1. The zero-order valence-corrected chi connectivity index (χ0v) is 12.9. The van der Waals surface area contributed by atoms with Gasteiger partial charge in [-0.1, -0.05) is 26.8 Å². The molecule has 0 aliphatic carbocycles. The maximum Gasteiger partial charge on any atom is 0.0544 e. The highest BCUT2D eigenvalue weighted by Gasteiger charge is 2.10. The van der Waals surface area contributed by atoms with Crippen molar-refractivity contribution in [2.24, 2.45) is 0 Å². The Kier molecular flexibility index (Phi) is 7.68. The van der Waals surface area contributed by atoms with Gasteiger partial charge in [-0.15, -0.1) is 0 Å². The van der Waals surface area contributed by atoms with Crippen LogP contribution in [-0.4, -0.2) is 29.5 Å². The van der Waals surface area contributed by atoms with Gasteiger partial charge in [-0.2, -0.15) is 0 Å². The molecule has 1 aromatic heterocycles. The summed E-state index contributed by atoms with van der Waals surface area (Å²) in [6.07, 6.45) is 5.57. The minimum atomic E-state index is 0.660. The molecule has 0 fully saturated rings. The summed E-state index contributed by atoms with van der Waals surface area (Å²) in [6, 6.07) is 5.00. The molecule has 3 nitrogen and oxygen atoms in total. The van der Waals surface area contributed by atoms with Gasteiger partial charge in [-0.05, 0) is 44.5 Å². The van der Waals surface area contributed by atoms with Crippen LogP contribution in [0.4, 0.5) is 0 Å². The molecule has 108 valence electrons. The first kappa shape index (κ1) is 16.1. The summed E-state index contributed by atoms with van der Waals surface area (Å²) < 4.78 is 0. The van der Waals surface area contributed by atoms with E-state index >= 15 is 0 Å². The van der Waals surface area contributed by atoms with Gasteiger partial charge in [0, 0.05) is 25.3 Å². The third-order valence-corrected chi connectivity index (χ3v) is 3.62. The van der Waals surface area contributed by atoms with E-state index in [4.69, 9.17) is 0 Å². The first-order valence-electron chi connectivity index (χ1n) is 7.55. The predicted octanol–water partition coefficient (Wildman–Crippen LogP) is 3.20. The van der Waals surface area contributed by atoms with Crippen molar-refractivity contribution in [1.29, 1.82) is 0 Å². The van der Waals surface area contributed by atoms with Crippen LogP contribution in [0.5, 0.6) is 0 Å². The molecule has 0 aliphatic rings. The number of nitrogens with one attached hydrogen (secondary N) is 1. The largest absolute Gasteiger partial charge is 0.313 e. The Morgan fingerprint density at radius 3 is 2.47 bits per heavy atom. The molecule has 0 unspecified atom stereocenters. The highest BCUT2D eigenvalue weighted by molar-refractivity contribution is 5.14. The molecule has 1 aromatic rings. The Morgan fingerprint density at radius 2 is 1.95 bits per heavy atom. The van der Waals surface area contributed by atoms with Crippen molar-refractivity contribution < 1.29 is 0 Å². The molecular weight excluding hydrogens is 234 g/mol. The van der Waals surface area contributed by atoms with Gasteiger partial charge in [0.25, 0.3) is 0 Å². The molecule has 0 saturated carbocycles. The molecule has 3 heteroatoms. The standard InChI is InChI=1S/C16H29N3/c1-5-10-17-11-14-8-9-15(18-12-14)13-19(4)16(6-2)7-3/h8-9,12,16-17H,5-7,10-11,13H2,1-4H3. The first-order chi connectivity index (χ1) is 9.21. The second-order valence-corrected chi connectivity index (χ2v) is 5.22. The molecule has 0 amide bonds. The number of hydrogen-bond acceptors (Lipinski definition) is 3. The summed E-state index contributed by atoms with van der Waals surface area (Å²) in [5, 5.41) is 3.40. The van der Waals surface area contributed by atoms with E-state index in [0.717, 1.165) is 25.3 Å². The Bertz CT molecular complexity index is 330. The molecule has 1 N–H and O–H groups in total. The molecule has 0 bridgehead atoms. The van der Waals surface area contributed by atoms with Gasteiger partial charge in [0.2, 0.25) is 0 Å². The monoisotopic (exact) mass is 263 g/mol. The quantitative estimate of drug-likeness (QED) is 0.693. The van der Waals surface area contributed by atoms with Gasteiger partial charge in [0.05, 0.1) is 5.69 Å². The van der Waals surface area contributed by atoms with Gasteiger partial charge in [0.1, 0.15) is 0 Å². The summed E-state index contributed by atoms with van der Waals surface area (Å²) in [5.74, 6) is 0. The van der Waals surface area contributed by atoms with Gasteiger partial charge in [-0.3, -0.25) is 9.88 Å². The lowest BCUT2D eigenvalue weighted by molar-refractivity contribution is 0.219. The second-order valence-electron chi connectivity index (χ2n) is 5.22. The third-order valence-electron chi connectivity index (χ3n) is 3.62. The van der Waals surface area contributed by atoms with E-state index in [1.807, 2.05) is 6.20 Å². The van der Waals surface area contributed by atoms with Crippen LogP contribution in [0.2, 0.25) is 0 Å². The van der Waals surface area contributed by atoms with Crippen LogP contribution in [0, 0.1) is 0 Å². The molecule has 19 heavy (non-hydrogen) atoms. The molecule has 1 heterocycles. The molecule has 1 rings (SSSR count). The first-order valence-corrected chi connectivity index (χ1v) is 7.55.